The molecule has 0 bridgehead atoms. The first-order valence-corrected chi connectivity index (χ1v) is 9.17. The highest BCUT2D eigenvalue weighted by Crippen LogP contribution is 2.27. The van der Waals surface area contributed by atoms with E-state index in [-0.39, 0.29) is 16.6 Å². The van der Waals surface area contributed by atoms with Gasteiger partial charge >= 0.3 is 0 Å². The van der Waals surface area contributed by atoms with Gasteiger partial charge in [0.25, 0.3) is 0 Å². The summed E-state index contributed by atoms with van der Waals surface area (Å²) in [6, 6.07) is 9.42. The third-order valence-corrected chi connectivity index (χ3v) is 4.95. The maximum absolute atomic E-state index is 12.6. The van der Waals surface area contributed by atoms with Gasteiger partial charge in [-0.05, 0) is 31.2 Å². The number of fused-ring (bicyclic) bond motifs is 1. The largest absolute Gasteiger partial charge is 0.336 e. The number of hydrogen-bond acceptors (Lipinski definition) is 6. The molecular formula is C18H22N6OS. The lowest BCUT2D eigenvalue weighted by Crippen LogP contribution is -2.26. The second-order valence-electron chi connectivity index (χ2n) is 7.05. The third kappa shape index (κ3) is 3.65. The molecule has 0 unspecified atom stereocenters. The van der Waals surface area contributed by atoms with E-state index in [1.54, 1.807) is 6.20 Å². The van der Waals surface area contributed by atoms with Crippen LogP contribution in [0.4, 0.5) is 5.69 Å². The molecule has 8 heteroatoms. The number of amides is 1. The Morgan fingerprint density at radius 1 is 1.23 bits per heavy atom. The second-order valence-corrected chi connectivity index (χ2v) is 8.36. The predicted octanol–water partition coefficient (Wildman–Crippen LogP) is 2.96. The zero-order chi connectivity index (χ0) is 18.9. The Balaban J connectivity index is 1.75. The SMILES string of the molecule is C[C@H](Sc1nnc(C(C)(C)C)n1N)C(=O)Nc1cccc2ncccc12. The van der Waals surface area contributed by atoms with E-state index in [1.165, 1.54) is 16.4 Å². The first-order valence-electron chi connectivity index (χ1n) is 8.29. The average Bonchev–Trinajstić information content (AvgIpc) is 2.96. The van der Waals surface area contributed by atoms with Crippen molar-refractivity contribution in [3.05, 3.63) is 42.4 Å². The summed E-state index contributed by atoms with van der Waals surface area (Å²) in [6.45, 7) is 7.85. The van der Waals surface area contributed by atoms with E-state index in [0.717, 1.165) is 16.6 Å². The van der Waals surface area contributed by atoms with Crippen LogP contribution in [0.2, 0.25) is 0 Å². The van der Waals surface area contributed by atoms with E-state index in [1.807, 2.05) is 58.0 Å². The van der Waals surface area contributed by atoms with Crippen LogP contribution in [0.15, 0.2) is 41.7 Å². The van der Waals surface area contributed by atoms with Gasteiger partial charge in [-0.15, -0.1) is 10.2 Å². The van der Waals surface area contributed by atoms with Crippen molar-refractivity contribution in [3.63, 3.8) is 0 Å². The van der Waals surface area contributed by atoms with Gasteiger partial charge in [0.15, 0.2) is 5.82 Å². The van der Waals surface area contributed by atoms with Crippen molar-refractivity contribution in [2.24, 2.45) is 0 Å². The molecule has 3 aromatic rings. The van der Waals surface area contributed by atoms with Crippen LogP contribution >= 0.6 is 11.8 Å². The van der Waals surface area contributed by atoms with Gasteiger partial charge in [-0.1, -0.05) is 38.6 Å². The lowest BCUT2D eigenvalue weighted by atomic mass is 9.96. The fourth-order valence-electron chi connectivity index (χ4n) is 2.53. The molecule has 3 rings (SSSR count). The average molecular weight is 370 g/mol. The molecule has 0 saturated heterocycles. The first-order chi connectivity index (χ1) is 12.3. The minimum Gasteiger partial charge on any atom is -0.336 e. The van der Waals surface area contributed by atoms with E-state index in [4.69, 9.17) is 5.84 Å². The molecule has 0 aliphatic heterocycles. The maximum Gasteiger partial charge on any atom is 0.237 e. The molecule has 136 valence electrons. The highest BCUT2D eigenvalue weighted by molar-refractivity contribution is 8.00. The molecule has 26 heavy (non-hydrogen) atoms. The van der Waals surface area contributed by atoms with Crippen LogP contribution in [0.25, 0.3) is 10.9 Å². The molecule has 2 heterocycles. The number of nitrogens with one attached hydrogen (secondary N) is 1. The molecule has 0 spiro atoms. The number of carbonyl (C=O) groups excluding carboxylic acids is 1. The summed E-state index contributed by atoms with van der Waals surface area (Å²) in [5, 5.41) is 12.3. The molecule has 0 radical (unpaired) electrons. The number of aromatic nitrogens is 4. The molecule has 3 N–H and O–H groups in total. The minimum absolute atomic E-state index is 0.133. The van der Waals surface area contributed by atoms with Crippen LogP contribution in [-0.2, 0) is 10.2 Å². The predicted molar refractivity (Wildman–Crippen MR) is 105 cm³/mol. The Morgan fingerprint density at radius 2 is 2.00 bits per heavy atom. The molecule has 0 aliphatic carbocycles. The molecule has 2 aromatic heterocycles. The number of pyridine rings is 1. The van der Waals surface area contributed by atoms with Gasteiger partial charge in [-0.3, -0.25) is 9.78 Å². The lowest BCUT2D eigenvalue weighted by Gasteiger charge is -2.17. The topological polar surface area (TPSA) is 98.7 Å². The fourth-order valence-corrected chi connectivity index (χ4v) is 3.30. The van der Waals surface area contributed by atoms with Crippen LogP contribution in [0, 0.1) is 0 Å². The standard InChI is InChI=1S/C18H22N6OS/c1-11(26-17-23-22-16(24(17)19)18(2,3)4)15(25)21-14-9-5-8-13-12(14)7-6-10-20-13/h5-11H,19H2,1-4H3,(H,21,25)/t11-/m0/s1. The van der Waals surface area contributed by atoms with Gasteiger partial charge in [0.05, 0.1) is 16.5 Å². The zero-order valence-corrected chi connectivity index (χ0v) is 16.0. The van der Waals surface area contributed by atoms with Crippen molar-refractivity contribution in [2.75, 3.05) is 11.2 Å². The number of hydrogen-bond donors (Lipinski definition) is 2. The monoisotopic (exact) mass is 370 g/mol. The molecule has 7 nitrogen and oxygen atoms in total. The van der Waals surface area contributed by atoms with Crippen molar-refractivity contribution in [2.45, 2.75) is 43.5 Å². The van der Waals surface area contributed by atoms with Crippen LogP contribution in [0.3, 0.4) is 0 Å². The first kappa shape index (κ1) is 18.2. The number of nitrogen functional groups attached to an aromatic ring is 1. The number of nitrogens with two attached hydrogens (primary N) is 1. The zero-order valence-electron chi connectivity index (χ0n) is 15.2. The van der Waals surface area contributed by atoms with E-state index < -0.39 is 0 Å². The summed E-state index contributed by atoms with van der Waals surface area (Å²) in [4.78, 5) is 16.9. The van der Waals surface area contributed by atoms with Gasteiger partial charge < -0.3 is 11.2 Å². The number of nitrogens with zero attached hydrogens (tertiary/aromatic N) is 4. The fraction of sp³-hybridized carbons (Fsp3) is 0.333. The Labute approximate surface area is 156 Å². The second kappa shape index (κ2) is 6.95. The minimum atomic E-state index is -0.388. The Hall–Kier alpha value is -2.61. The van der Waals surface area contributed by atoms with Crippen molar-refractivity contribution in [3.8, 4) is 0 Å². The molecule has 0 fully saturated rings. The summed E-state index contributed by atoms with van der Waals surface area (Å²) in [5.74, 6) is 6.64. The number of anilines is 1. The molecular weight excluding hydrogens is 348 g/mol. The molecule has 1 atom stereocenters. The number of thioether (sulfide) groups is 1. The van der Waals surface area contributed by atoms with Gasteiger partial charge in [0.2, 0.25) is 11.1 Å². The normalized spacial score (nSPS) is 12.9. The van der Waals surface area contributed by atoms with Crippen LogP contribution in [0.1, 0.15) is 33.5 Å². The van der Waals surface area contributed by atoms with Crippen LogP contribution in [0.5, 0.6) is 0 Å². The van der Waals surface area contributed by atoms with Crippen LogP contribution in [-0.4, -0.2) is 31.0 Å². The van der Waals surface area contributed by atoms with E-state index in [9.17, 15) is 4.79 Å². The molecule has 0 aliphatic rings. The summed E-state index contributed by atoms with van der Waals surface area (Å²) < 4.78 is 1.45. The van der Waals surface area contributed by atoms with Crippen LogP contribution < -0.4 is 11.2 Å². The van der Waals surface area contributed by atoms with E-state index >= 15 is 0 Å². The lowest BCUT2D eigenvalue weighted by molar-refractivity contribution is -0.115. The van der Waals surface area contributed by atoms with E-state index in [2.05, 4.69) is 20.5 Å². The highest BCUT2D eigenvalue weighted by atomic mass is 32.2. The van der Waals surface area contributed by atoms with Crippen molar-refractivity contribution >= 4 is 34.3 Å². The molecule has 1 aromatic carbocycles. The summed E-state index contributed by atoms with van der Waals surface area (Å²) in [6.07, 6.45) is 1.73. The van der Waals surface area contributed by atoms with Crippen molar-refractivity contribution < 1.29 is 4.79 Å². The highest BCUT2D eigenvalue weighted by Gasteiger charge is 2.25. The Morgan fingerprint density at radius 3 is 2.69 bits per heavy atom. The van der Waals surface area contributed by atoms with Crippen molar-refractivity contribution in [1.29, 1.82) is 0 Å². The number of benzene rings is 1. The third-order valence-electron chi connectivity index (χ3n) is 3.89. The van der Waals surface area contributed by atoms with E-state index in [0.29, 0.717) is 11.0 Å². The number of rotatable bonds is 4. The smallest absolute Gasteiger partial charge is 0.237 e. The Bertz CT molecular complexity index is 941. The summed E-state index contributed by atoms with van der Waals surface area (Å²) in [7, 11) is 0. The summed E-state index contributed by atoms with van der Waals surface area (Å²) >= 11 is 1.28. The van der Waals surface area contributed by atoms with Gasteiger partial charge in [-0.2, -0.15) is 0 Å². The Kier molecular flexibility index (Phi) is 4.86. The van der Waals surface area contributed by atoms with Gasteiger partial charge in [0.1, 0.15) is 0 Å². The molecule has 0 saturated carbocycles. The van der Waals surface area contributed by atoms with Gasteiger partial charge in [-0.25, -0.2) is 4.68 Å². The molecule has 1 amide bonds. The number of carbonyl (C=O) groups is 1. The quantitative estimate of drug-likeness (QED) is 0.541. The van der Waals surface area contributed by atoms with Crippen molar-refractivity contribution in [1.82, 2.24) is 19.9 Å². The van der Waals surface area contributed by atoms with Gasteiger partial charge in [0, 0.05) is 17.0 Å². The summed E-state index contributed by atoms with van der Waals surface area (Å²) in [5.41, 5.74) is 1.35. The maximum atomic E-state index is 12.6.